The Kier molecular flexibility index (Phi) is 5.25. The molecule has 0 unspecified atom stereocenters. The van der Waals surface area contributed by atoms with E-state index in [9.17, 15) is 4.79 Å². The fourth-order valence-corrected chi connectivity index (χ4v) is 2.86. The Morgan fingerprint density at radius 2 is 2.21 bits per heavy atom. The Morgan fingerprint density at radius 3 is 2.95 bits per heavy atom. The van der Waals surface area contributed by atoms with Gasteiger partial charge in [-0.1, -0.05) is 41.8 Å². The summed E-state index contributed by atoms with van der Waals surface area (Å²) < 4.78 is 6.43. The molecule has 1 aliphatic rings. The van der Waals surface area contributed by atoms with E-state index in [-0.39, 0.29) is 12.5 Å². The van der Waals surface area contributed by atoms with Gasteiger partial charge in [-0.2, -0.15) is 0 Å². The zero-order valence-electron chi connectivity index (χ0n) is 11.2. The summed E-state index contributed by atoms with van der Waals surface area (Å²) in [4.78, 5) is 11.9. The molecule has 0 spiro atoms. The molecule has 19 heavy (non-hydrogen) atoms. The zero-order chi connectivity index (χ0) is 13.7. The van der Waals surface area contributed by atoms with Crippen molar-refractivity contribution in [2.24, 2.45) is 5.92 Å². The molecule has 2 rings (SSSR count). The van der Waals surface area contributed by atoms with Crippen molar-refractivity contribution in [3.8, 4) is 5.75 Å². The normalized spacial score (nSPS) is 22.8. The molecule has 0 bridgehead atoms. The number of ether oxygens (including phenoxy) is 1. The number of amides is 1. The quantitative estimate of drug-likeness (QED) is 0.919. The van der Waals surface area contributed by atoms with Gasteiger partial charge in [0.2, 0.25) is 0 Å². The Balaban J connectivity index is 1.78. The second kappa shape index (κ2) is 6.94. The highest BCUT2D eigenvalue weighted by Gasteiger charge is 2.22. The van der Waals surface area contributed by atoms with E-state index in [2.05, 4.69) is 28.2 Å². The van der Waals surface area contributed by atoms with Crippen LogP contribution in [-0.4, -0.2) is 18.6 Å². The van der Waals surface area contributed by atoms with Gasteiger partial charge < -0.3 is 10.1 Å². The number of carbonyl (C=O) groups is 1. The van der Waals surface area contributed by atoms with Crippen LogP contribution in [0.5, 0.6) is 5.75 Å². The van der Waals surface area contributed by atoms with Crippen LogP contribution in [0.25, 0.3) is 0 Å². The lowest BCUT2D eigenvalue weighted by molar-refractivity contribution is -0.124. The van der Waals surface area contributed by atoms with Crippen molar-refractivity contribution in [2.45, 2.75) is 38.6 Å². The van der Waals surface area contributed by atoms with Gasteiger partial charge in [-0.15, -0.1) is 0 Å². The van der Waals surface area contributed by atoms with Gasteiger partial charge in [-0.3, -0.25) is 4.79 Å². The van der Waals surface area contributed by atoms with Gasteiger partial charge in [0.1, 0.15) is 5.75 Å². The maximum Gasteiger partial charge on any atom is 0.258 e. The van der Waals surface area contributed by atoms with Crippen LogP contribution < -0.4 is 10.1 Å². The van der Waals surface area contributed by atoms with Crippen LogP contribution in [0.4, 0.5) is 0 Å². The SMILES string of the molecule is C[C@H]1CCCC[C@H]1NC(=O)COc1cccc(Br)c1. The molecule has 1 aliphatic carbocycles. The first kappa shape index (κ1) is 14.4. The van der Waals surface area contributed by atoms with Gasteiger partial charge >= 0.3 is 0 Å². The molecule has 0 aromatic heterocycles. The summed E-state index contributed by atoms with van der Waals surface area (Å²) in [6.07, 6.45) is 4.78. The Morgan fingerprint density at radius 1 is 1.42 bits per heavy atom. The maximum absolute atomic E-state index is 11.9. The number of hydrogen-bond donors (Lipinski definition) is 1. The summed E-state index contributed by atoms with van der Waals surface area (Å²) in [7, 11) is 0. The van der Waals surface area contributed by atoms with Crippen LogP contribution >= 0.6 is 15.9 Å². The number of benzene rings is 1. The molecular formula is C15H20BrNO2. The fourth-order valence-electron chi connectivity index (χ4n) is 2.48. The van der Waals surface area contributed by atoms with Gasteiger partial charge in [0, 0.05) is 10.5 Å². The van der Waals surface area contributed by atoms with Gasteiger partial charge in [0.05, 0.1) is 0 Å². The number of rotatable bonds is 4. The van der Waals surface area contributed by atoms with Crippen LogP contribution in [0.1, 0.15) is 32.6 Å². The predicted molar refractivity (Wildman–Crippen MR) is 79.2 cm³/mol. The van der Waals surface area contributed by atoms with E-state index in [1.165, 1.54) is 19.3 Å². The highest BCUT2D eigenvalue weighted by Crippen LogP contribution is 2.23. The minimum absolute atomic E-state index is 0.0290. The summed E-state index contributed by atoms with van der Waals surface area (Å²) in [6, 6.07) is 7.84. The van der Waals surface area contributed by atoms with E-state index in [1.807, 2.05) is 24.3 Å². The molecule has 1 aromatic rings. The van der Waals surface area contributed by atoms with Crippen LogP contribution in [-0.2, 0) is 4.79 Å². The van der Waals surface area contributed by atoms with Crippen LogP contribution in [0, 0.1) is 5.92 Å². The highest BCUT2D eigenvalue weighted by atomic mass is 79.9. The van der Waals surface area contributed by atoms with Crippen molar-refractivity contribution in [1.29, 1.82) is 0 Å². The predicted octanol–water partition coefficient (Wildman–Crippen LogP) is 3.52. The van der Waals surface area contributed by atoms with E-state index < -0.39 is 0 Å². The molecule has 1 amide bonds. The molecule has 0 saturated heterocycles. The lowest BCUT2D eigenvalue weighted by atomic mass is 9.86. The molecule has 0 heterocycles. The first-order valence-electron chi connectivity index (χ1n) is 6.83. The van der Waals surface area contributed by atoms with E-state index in [4.69, 9.17) is 4.74 Å². The molecule has 1 aromatic carbocycles. The first-order valence-corrected chi connectivity index (χ1v) is 7.62. The van der Waals surface area contributed by atoms with E-state index in [0.29, 0.717) is 17.7 Å². The van der Waals surface area contributed by atoms with Gasteiger partial charge in [0.15, 0.2) is 6.61 Å². The molecule has 4 heteroatoms. The molecule has 0 aliphatic heterocycles. The first-order chi connectivity index (χ1) is 9.15. The lowest BCUT2D eigenvalue weighted by Gasteiger charge is -2.29. The third-order valence-electron chi connectivity index (χ3n) is 3.62. The topological polar surface area (TPSA) is 38.3 Å². The molecule has 104 valence electrons. The second-order valence-electron chi connectivity index (χ2n) is 5.18. The van der Waals surface area contributed by atoms with Crippen molar-refractivity contribution in [1.82, 2.24) is 5.32 Å². The largest absolute Gasteiger partial charge is 0.484 e. The van der Waals surface area contributed by atoms with Crippen LogP contribution in [0.3, 0.4) is 0 Å². The average Bonchev–Trinajstić information content (AvgIpc) is 2.39. The van der Waals surface area contributed by atoms with Crippen molar-refractivity contribution >= 4 is 21.8 Å². The van der Waals surface area contributed by atoms with Crippen molar-refractivity contribution in [3.63, 3.8) is 0 Å². The summed E-state index contributed by atoms with van der Waals surface area (Å²) in [5.41, 5.74) is 0. The number of hydrogen-bond acceptors (Lipinski definition) is 2. The molecule has 3 nitrogen and oxygen atoms in total. The summed E-state index contributed by atoms with van der Waals surface area (Å²) in [5, 5.41) is 3.08. The standard InChI is InChI=1S/C15H20BrNO2/c1-11-5-2-3-8-14(11)17-15(18)10-19-13-7-4-6-12(16)9-13/h4,6-7,9,11,14H,2-3,5,8,10H2,1H3,(H,17,18)/t11-,14+/m0/s1. The summed E-state index contributed by atoms with van der Waals surface area (Å²) in [5.74, 6) is 1.25. The molecule has 2 atom stereocenters. The van der Waals surface area contributed by atoms with E-state index >= 15 is 0 Å². The highest BCUT2D eigenvalue weighted by molar-refractivity contribution is 9.10. The van der Waals surface area contributed by atoms with E-state index in [1.54, 1.807) is 0 Å². The van der Waals surface area contributed by atoms with Crippen molar-refractivity contribution in [3.05, 3.63) is 28.7 Å². The van der Waals surface area contributed by atoms with Crippen LogP contribution in [0.2, 0.25) is 0 Å². The molecular weight excluding hydrogens is 306 g/mol. The fraction of sp³-hybridized carbons (Fsp3) is 0.533. The number of carbonyl (C=O) groups excluding carboxylic acids is 1. The monoisotopic (exact) mass is 325 g/mol. The average molecular weight is 326 g/mol. The minimum Gasteiger partial charge on any atom is -0.484 e. The van der Waals surface area contributed by atoms with Crippen molar-refractivity contribution < 1.29 is 9.53 Å². The second-order valence-corrected chi connectivity index (χ2v) is 6.10. The maximum atomic E-state index is 11.9. The van der Waals surface area contributed by atoms with Gasteiger partial charge in [0.25, 0.3) is 5.91 Å². The van der Waals surface area contributed by atoms with Gasteiger partial charge in [-0.25, -0.2) is 0 Å². The van der Waals surface area contributed by atoms with Crippen molar-refractivity contribution in [2.75, 3.05) is 6.61 Å². The third-order valence-corrected chi connectivity index (χ3v) is 4.12. The Labute approximate surface area is 122 Å². The molecule has 1 fully saturated rings. The van der Waals surface area contributed by atoms with Gasteiger partial charge in [-0.05, 0) is 37.0 Å². The smallest absolute Gasteiger partial charge is 0.258 e. The molecule has 0 radical (unpaired) electrons. The summed E-state index contributed by atoms with van der Waals surface area (Å²) >= 11 is 3.38. The number of nitrogens with one attached hydrogen (secondary N) is 1. The number of halogens is 1. The Hall–Kier alpha value is -1.03. The molecule has 1 N–H and O–H groups in total. The molecule has 1 saturated carbocycles. The Bertz CT molecular complexity index is 436. The third kappa shape index (κ3) is 4.53. The minimum atomic E-state index is -0.0290. The van der Waals surface area contributed by atoms with Crippen LogP contribution in [0.15, 0.2) is 28.7 Å². The van der Waals surface area contributed by atoms with E-state index in [0.717, 1.165) is 10.9 Å². The lowest BCUT2D eigenvalue weighted by Crippen LogP contribution is -2.43. The zero-order valence-corrected chi connectivity index (χ0v) is 12.8. The summed E-state index contributed by atoms with van der Waals surface area (Å²) in [6.45, 7) is 2.29.